The van der Waals surface area contributed by atoms with Crippen LogP contribution in [0.15, 0.2) is 62.0 Å². The van der Waals surface area contributed by atoms with E-state index in [1.54, 1.807) is 11.3 Å². The van der Waals surface area contributed by atoms with Crippen LogP contribution in [0.2, 0.25) is 0 Å². The van der Waals surface area contributed by atoms with Crippen LogP contribution in [0, 0.1) is 0 Å². The van der Waals surface area contributed by atoms with E-state index in [0.29, 0.717) is 49.9 Å². The summed E-state index contributed by atoms with van der Waals surface area (Å²) in [7, 11) is 0. The van der Waals surface area contributed by atoms with Crippen LogP contribution < -0.4 is 21.9 Å². The number of aromatic amines is 1. The maximum atomic E-state index is 12.9. The lowest BCUT2D eigenvalue weighted by molar-refractivity contribution is 0.376. The fourth-order valence-corrected chi connectivity index (χ4v) is 4.43. The Morgan fingerprint density at radius 1 is 1.15 bits per heavy atom. The van der Waals surface area contributed by atoms with Crippen LogP contribution in [-0.2, 0) is 19.5 Å². The fourth-order valence-electron chi connectivity index (χ4n) is 3.78. The zero-order valence-electron chi connectivity index (χ0n) is 19.1. The van der Waals surface area contributed by atoms with Crippen molar-refractivity contribution in [3.05, 3.63) is 80.1 Å². The van der Waals surface area contributed by atoms with Crippen molar-refractivity contribution >= 4 is 22.8 Å². The molecule has 0 saturated heterocycles. The van der Waals surface area contributed by atoms with Gasteiger partial charge in [-0.2, -0.15) is 4.98 Å². The van der Waals surface area contributed by atoms with Gasteiger partial charge in [-0.25, -0.2) is 4.79 Å². The molecule has 0 aliphatic carbocycles. The van der Waals surface area contributed by atoms with Crippen LogP contribution >= 0.6 is 11.3 Å². The van der Waals surface area contributed by atoms with Gasteiger partial charge in [-0.15, -0.1) is 11.3 Å². The second-order valence-electron chi connectivity index (χ2n) is 8.00. The summed E-state index contributed by atoms with van der Waals surface area (Å²) in [5.41, 5.74) is 6.76. The van der Waals surface area contributed by atoms with E-state index >= 15 is 0 Å². The van der Waals surface area contributed by atoms with Crippen molar-refractivity contribution in [2.75, 3.05) is 17.2 Å². The molecule has 9 nitrogen and oxygen atoms in total. The highest BCUT2D eigenvalue weighted by atomic mass is 32.1. The summed E-state index contributed by atoms with van der Waals surface area (Å²) >= 11 is 1.55. The molecule has 3 N–H and O–H groups in total. The quantitative estimate of drug-likeness (QED) is 0.336. The number of unbranched alkanes of at least 4 members (excludes halogenated alkanes) is 1. The molecule has 3 heterocycles. The minimum atomic E-state index is -0.482. The van der Waals surface area contributed by atoms with Crippen molar-refractivity contribution in [3.8, 4) is 10.7 Å². The Morgan fingerprint density at radius 3 is 2.71 bits per heavy atom. The molecule has 0 aliphatic heterocycles. The number of aryl methyl sites for hydroxylation is 1. The molecule has 10 heteroatoms. The lowest BCUT2D eigenvalue weighted by atomic mass is 10.2. The van der Waals surface area contributed by atoms with Crippen molar-refractivity contribution in [2.45, 2.75) is 45.7 Å². The molecule has 0 saturated carbocycles. The second-order valence-corrected chi connectivity index (χ2v) is 8.95. The van der Waals surface area contributed by atoms with E-state index in [1.165, 1.54) is 4.57 Å². The largest absolute Gasteiger partial charge is 0.383 e. The van der Waals surface area contributed by atoms with Gasteiger partial charge in [-0.05, 0) is 29.9 Å². The topological polar surface area (TPSA) is 123 Å². The van der Waals surface area contributed by atoms with Crippen molar-refractivity contribution in [2.24, 2.45) is 0 Å². The first kappa shape index (κ1) is 23.5. The SMILES string of the molecule is CCCCn1c(N)c(N(CCCc2nc(-c3cccs3)no2)Cc2ccccc2)c(=O)[nH]c1=O. The Morgan fingerprint density at radius 2 is 1.97 bits per heavy atom. The Labute approximate surface area is 200 Å². The van der Waals surface area contributed by atoms with E-state index in [1.807, 2.05) is 59.7 Å². The summed E-state index contributed by atoms with van der Waals surface area (Å²) < 4.78 is 6.86. The van der Waals surface area contributed by atoms with Gasteiger partial charge < -0.3 is 15.2 Å². The summed E-state index contributed by atoms with van der Waals surface area (Å²) in [6, 6.07) is 13.7. The van der Waals surface area contributed by atoms with E-state index in [4.69, 9.17) is 10.3 Å². The third kappa shape index (κ3) is 5.45. The predicted molar refractivity (Wildman–Crippen MR) is 134 cm³/mol. The number of H-pyrrole nitrogens is 1. The van der Waals surface area contributed by atoms with Gasteiger partial charge in [0.2, 0.25) is 11.7 Å². The normalized spacial score (nSPS) is 11.1. The Hall–Kier alpha value is -3.66. The highest BCUT2D eigenvalue weighted by Crippen LogP contribution is 2.23. The van der Waals surface area contributed by atoms with Gasteiger partial charge >= 0.3 is 5.69 Å². The summed E-state index contributed by atoms with van der Waals surface area (Å²) in [6.07, 6.45) is 2.91. The molecular formula is C24H28N6O3S. The highest BCUT2D eigenvalue weighted by molar-refractivity contribution is 7.13. The number of nitrogens with zero attached hydrogens (tertiary/aromatic N) is 4. The van der Waals surface area contributed by atoms with Crippen LogP contribution in [0.25, 0.3) is 10.7 Å². The van der Waals surface area contributed by atoms with E-state index in [-0.39, 0.29) is 5.82 Å². The molecule has 0 amide bonds. The molecule has 0 aliphatic rings. The molecule has 0 spiro atoms. The standard InChI is InChI=1S/C24H28N6O3S/c1-2-3-14-30-21(25)20(23(31)27-24(30)32)29(16-17-9-5-4-6-10-17)13-7-12-19-26-22(28-33-19)18-11-8-15-34-18/h4-6,8-11,15H,2-3,7,12-14,16,25H2,1H3,(H,27,31,32). The summed E-state index contributed by atoms with van der Waals surface area (Å²) in [5, 5.41) is 6.03. The van der Waals surface area contributed by atoms with Crippen LogP contribution in [0.5, 0.6) is 0 Å². The maximum absolute atomic E-state index is 12.9. The molecule has 34 heavy (non-hydrogen) atoms. The molecule has 178 valence electrons. The molecule has 4 rings (SSSR count). The van der Waals surface area contributed by atoms with Crippen molar-refractivity contribution < 1.29 is 4.52 Å². The number of nitrogens with two attached hydrogens (primary N) is 1. The summed E-state index contributed by atoms with van der Waals surface area (Å²) in [4.78, 5) is 35.0. The first-order chi connectivity index (χ1) is 16.6. The van der Waals surface area contributed by atoms with Crippen LogP contribution in [0.4, 0.5) is 11.5 Å². The van der Waals surface area contributed by atoms with Crippen molar-refractivity contribution in [1.29, 1.82) is 0 Å². The minimum Gasteiger partial charge on any atom is -0.383 e. The number of aromatic nitrogens is 4. The summed E-state index contributed by atoms with van der Waals surface area (Å²) in [5.74, 6) is 1.31. The monoisotopic (exact) mass is 480 g/mol. The number of hydrogen-bond acceptors (Lipinski definition) is 8. The molecule has 3 aromatic heterocycles. The zero-order chi connectivity index (χ0) is 23.9. The lowest BCUT2D eigenvalue weighted by Crippen LogP contribution is -2.38. The minimum absolute atomic E-state index is 0.191. The maximum Gasteiger partial charge on any atom is 0.330 e. The molecule has 4 aromatic rings. The van der Waals surface area contributed by atoms with Crippen LogP contribution in [0.3, 0.4) is 0 Å². The van der Waals surface area contributed by atoms with Crippen LogP contribution in [0.1, 0.15) is 37.6 Å². The number of thiophene rings is 1. The van der Waals surface area contributed by atoms with Crippen LogP contribution in [-0.4, -0.2) is 26.2 Å². The average molecular weight is 481 g/mol. The van der Waals surface area contributed by atoms with Gasteiger partial charge in [0.05, 0.1) is 4.88 Å². The lowest BCUT2D eigenvalue weighted by Gasteiger charge is -2.26. The fraction of sp³-hybridized carbons (Fsp3) is 0.333. The van der Waals surface area contributed by atoms with Crippen molar-refractivity contribution in [1.82, 2.24) is 19.7 Å². The smallest absolute Gasteiger partial charge is 0.330 e. The number of rotatable bonds is 11. The Kier molecular flexibility index (Phi) is 7.58. The molecule has 0 atom stereocenters. The van der Waals surface area contributed by atoms with Gasteiger partial charge in [0.1, 0.15) is 11.5 Å². The Balaban J connectivity index is 1.56. The van der Waals surface area contributed by atoms with E-state index in [0.717, 1.165) is 23.3 Å². The molecule has 0 bridgehead atoms. The van der Waals surface area contributed by atoms with Gasteiger partial charge in [0.15, 0.2) is 0 Å². The third-order valence-corrected chi connectivity index (χ3v) is 6.38. The number of anilines is 2. The molecule has 0 fully saturated rings. The van der Waals surface area contributed by atoms with Gasteiger partial charge in [0.25, 0.3) is 5.56 Å². The molecule has 1 aromatic carbocycles. The Bertz CT molecular complexity index is 1310. The number of nitrogens with one attached hydrogen (secondary N) is 1. The first-order valence-corrected chi connectivity index (χ1v) is 12.2. The van der Waals surface area contributed by atoms with E-state index in [2.05, 4.69) is 15.1 Å². The second kappa shape index (κ2) is 11.0. The molecular weight excluding hydrogens is 452 g/mol. The number of nitrogen functional groups attached to an aromatic ring is 1. The zero-order valence-corrected chi connectivity index (χ0v) is 19.9. The third-order valence-electron chi connectivity index (χ3n) is 5.51. The van der Waals surface area contributed by atoms with Crippen molar-refractivity contribution in [3.63, 3.8) is 0 Å². The van der Waals surface area contributed by atoms with Gasteiger partial charge in [0, 0.05) is 26.1 Å². The molecule has 0 unspecified atom stereocenters. The predicted octanol–water partition coefficient (Wildman–Crippen LogP) is 3.67. The van der Waals surface area contributed by atoms with E-state index in [9.17, 15) is 9.59 Å². The van der Waals surface area contributed by atoms with Gasteiger partial charge in [-0.1, -0.05) is 54.9 Å². The average Bonchev–Trinajstić information content (AvgIpc) is 3.51. The number of hydrogen-bond donors (Lipinski definition) is 2. The van der Waals surface area contributed by atoms with Gasteiger partial charge in [-0.3, -0.25) is 14.3 Å². The molecule has 0 radical (unpaired) electrons. The summed E-state index contributed by atoms with van der Waals surface area (Å²) in [6.45, 7) is 3.49. The van der Waals surface area contributed by atoms with E-state index < -0.39 is 11.2 Å². The number of benzene rings is 1. The first-order valence-electron chi connectivity index (χ1n) is 11.3. The highest BCUT2D eigenvalue weighted by Gasteiger charge is 2.20.